The molecule has 1 fully saturated rings. The van der Waals surface area contributed by atoms with Crippen molar-refractivity contribution >= 4 is 58.4 Å². The van der Waals surface area contributed by atoms with Crippen LogP contribution in [0.25, 0.3) is 0 Å². The average molecular weight is 331 g/mol. The fourth-order valence-electron chi connectivity index (χ4n) is 1.97. The zero-order valence-corrected chi connectivity index (χ0v) is 13.1. The third kappa shape index (κ3) is 4.05. The fourth-order valence-corrected chi connectivity index (χ4v) is 1.97. The number of halogens is 3. The maximum atomic E-state index is 11.4. The van der Waals surface area contributed by atoms with Gasteiger partial charge in [0, 0.05) is 7.05 Å². The molecule has 0 aromatic rings. The summed E-state index contributed by atoms with van der Waals surface area (Å²) in [7, 11) is 1.57. The zero-order chi connectivity index (χ0) is 13.9. The molecule has 102 valence electrons. The lowest BCUT2D eigenvalue weighted by Crippen LogP contribution is -2.25. The second kappa shape index (κ2) is 6.51. The molecule has 0 bridgehead atoms. The van der Waals surface area contributed by atoms with Crippen molar-refractivity contribution in [2.45, 2.75) is 16.0 Å². The molecule has 2 aliphatic rings. The van der Waals surface area contributed by atoms with Crippen LogP contribution in [0.5, 0.6) is 0 Å². The van der Waals surface area contributed by atoms with Crippen LogP contribution in [0.2, 0.25) is 0 Å². The van der Waals surface area contributed by atoms with Gasteiger partial charge < -0.3 is 0 Å². The Kier molecular flexibility index (Phi) is 5.84. The van der Waals surface area contributed by atoms with E-state index < -0.39 is 3.12 Å². The molecule has 1 heterocycles. The second-order valence-electron chi connectivity index (χ2n) is 4.04. The van der Waals surface area contributed by atoms with E-state index in [0.29, 0.717) is 0 Å². The molecule has 2 atom stereocenters. The van der Waals surface area contributed by atoms with Gasteiger partial charge in [-0.15, -0.1) is 11.8 Å². The van der Waals surface area contributed by atoms with Gasteiger partial charge in [-0.25, -0.2) is 0 Å². The first-order valence-electron chi connectivity index (χ1n) is 5.36. The van der Waals surface area contributed by atoms with Crippen LogP contribution in [0.15, 0.2) is 12.2 Å². The van der Waals surface area contributed by atoms with Crippen molar-refractivity contribution in [1.29, 1.82) is 0 Å². The highest BCUT2D eigenvalue weighted by atomic mass is 35.6. The van der Waals surface area contributed by atoms with Crippen LogP contribution >= 0.6 is 46.6 Å². The summed E-state index contributed by atoms with van der Waals surface area (Å²) in [6.07, 6.45) is 7.18. The molecule has 7 heteroatoms. The van der Waals surface area contributed by atoms with Crippen molar-refractivity contribution in [2.24, 2.45) is 11.8 Å². The van der Waals surface area contributed by atoms with Gasteiger partial charge in [-0.3, -0.25) is 14.5 Å². The van der Waals surface area contributed by atoms with Gasteiger partial charge in [-0.2, -0.15) is 0 Å². The number of allylic oxidation sites excluding steroid dienone is 2. The van der Waals surface area contributed by atoms with E-state index in [9.17, 15) is 9.59 Å². The fraction of sp³-hybridized carbons (Fsp3) is 0.636. The van der Waals surface area contributed by atoms with Crippen LogP contribution in [0.1, 0.15) is 12.8 Å². The lowest BCUT2D eigenvalue weighted by molar-refractivity contribution is -0.138. The second-order valence-corrected chi connectivity index (χ2v) is 8.02. The molecule has 1 saturated heterocycles. The minimum atomic E-state index is -1.12. The van der Waals surface area contributed by atoms with Crippen LogP contribution in [0.4, 0.5) is 0 Å². The standard InChI is InChI=1S/C9H11NO2.C2H3Cl3S/c1-10-8(11)6-4-2-3-5-7(6)9(10)12;1-6-2(3,4)5/h2-3,6-7H,4-5H2,1H3;1H3. The highest BCUT2D eigenvalue weighted by molar-refractivity contribution is 8.04. The number of hydrogen-bond donors (Lipinski definition) is 0. The van der Waals surface area contributed by atoms with E-state index in [4.69, 9.17) is 34.8 Å². The summed E-state index contributed by atoms with van der Waals surface area (Å²) in [6, 6.07) is 0. The number of rotatable bonds is 0. The Morgan fingerprint density at radius 1 is 1.17 bits per heavy atom. The molecule has 0 saturated carbocycles. The van der Waals surface area contributed by atoms with Gasteiger partial charge in [-0.1, -0.05) is 47.0 Å². The van der Waals surface area contributed by atoms with Gasteiger partial charge in [0.05, 0.1) is 11.8 Å². The Morgan fingerprint density at radius 3 is 1.78 bits per heavy atom. The molecule has 3 nitrogen and oxygen atoms in total. The number of thioether (sulfide) groups is 1. The number of amides is 2. The molecular weight excluding hydrogens is 317 g/mol. The monoisotopic (exact) mass is 329 g/mol. The number of likely N-dealkylation sites (tertiary alicyclic amines) is 1. The average Bonchev–Trinajstić information content (AvgIpc) is 2.55. The van der Waals surface area contributed by atoms with Crippen molar-refractivity contribution in [3.8, 4) is 0 Å². The summed E-state index contributed by atoms with van der Waals surface area (Å²) >= 11 is 16.8. The van der Waals surface area contributed by atoms with Gasteiger partial charge in [0.25, 0.3) is 0 Å². The van der Waals surface area contributed by atoms with Crippen LogP contribution in [-0.4, -0.2) is 33.1 Å². The van der Waals surface area contributed by atoms with Gasteiger partial charge in [-0.05, 0) is 19.1 Å². The Bertz CT molecular complexity index is 342. The maximum absolute atomic E-state index is 11.4. The summed E-state index contributed by atoms with van der Waals surface area (Å²) in [5, 5.41) is 0. The first-order chi connectivity index (χ1) is 8.28. The molecule has 18 heavy (non-hydrogen) atoms. The van der Waals surface area contributed by atoms with Crippen molar-refractivity contribution in [2.75, 3.05) is 13.3 Å². The minimum absolute atomic E-state index is 0.00523. The number of alkyl halides is 3. The van der Waals surface area contributed by atoms with E-state index in [1.807, 2.05) is 12.2 Å². The van der Waals surface area contributed by atoms with Gasteiger partial charge in [0.1, 0.15) is 0 Å². The largest absolute Gasteiger partial charge is 0.285 e. The number of fused-ring (bicyclic) bond motifs is 1. The molecule has 0 N–H and O–H groups in total. The molecule has 0 aromatic carbocycles. The molecule has 2 rings (SSSR count). The van der Waals surface area contributed by atoms with E-state index in [1.165, 1.54) is 16.7 Å². The Labute approximate surface area is 126 Å². The summed E-state index contributed by atoms with van der Waals surface area (Å²) in [6.45, 7) is 0. The highest BCUT2D eigenvalue weighted by Crippen LogP contribution is 2.36. The van der Waals surface area contributed by atoms with Crippen LogP contribution in [0, 0.1) is 11.8 Å². The van der Waals surface area contributed by atoms with Crippen LogP contribution in [0.3, 0.4) is 0 Å². The van der Waals surface area contributed by atoms with Crippen molar-refractivity contribution in [3.63, 3.8) is 0 Å². The maximum Gasteiger partial charge on any atom is 0.237 e. The molecule has 2 unspecified atom stereocenters. The number of imide groups is 1. The summed E-state index contributed by atoms with van der Waals surface area (Å²) in [5.74, 6) is -0.135. The van der Waals surface area contributed by atoms with E-state index in [1.54, 1.807) is 13.3 Å². The number of carbonyl (C=O) groups is 2. The van der Waals surface area contributed by atoms with Gasteiger partial charge in [0.15, 0.2) is 0 Å². The van der Waals surface area contributed by atoms with Gasteiger partial charge in [0.2, 0.25) is 14.9 Å². The first-order valence-corrected chi connectivity index (χ1v) is 7.72. The third-order valence-corrected chi connectivity index (χ3v) is 4.81. The SMILES string of the molecule is CN1C(=O)C2CC=CCC2C1=O.CSC(Cl)(Cl)Cl. The summed E-state index contributed by atoms with van der Waals surface area (Å²) in [4.78, 5) is 24.1. The Hall–Kier alpha value is 0.1000. The van der Waals surface area contributed by atoms with Crippen molar-refractivity contribution in [1.82, 2.24) is 4.90 Å². The molecular formula is C11H14Cl3NO2S. The normalized spacial score (nSPS) is 26.8. The molecule has 1 aliphatic heterocycles. The summed E-state index contributed by atoms with van der Waals surface area (Å²) in [5.41, 5.74) is 0. The molecule has 0 spiro atoms. The number of hydrogen-bond acceptors (Lipinski definition) is 3. The van der Waals surface area contributed by atoms with E-state index in [-0.39, 0.29) is 23.7 Å². The predicted molar refractivity (Wildman–Crippen MR) is 76.9 cm³/mol. The molecule has 2 amide bonds. The van der Waals surface area contributed by atoms with E-state index in [0.717, 1.165) is 12.8 Å². The van der Waals surface area contributed by atoms with Crippen molar-refractivity contribution < 1.29 is 9.59 Å². The highest BCUT2D eigenvalue weighted by Gasteiger charge is 2.45. The smallest absolute Gasteiger partial charge is 0.237 e. The van der Waals surface area contributed by atoms with E-state index >= 15 is 0 Å². The summed E-state index contributed by atoms with van der Waals surface area (Å²) < 4.78 is -1.12. The molecule has 1 aliphatic carbocycles. The molecule has 0 aromatic heterocycles. The van der Waals surface area contributed by atoms with Crippen molar-refractivity contribution in [3.05, 3.63) is 12.2 Å². The lowest BCUT2D eigenvalue weighted by Gasteiger charge is -2.14. The Balaban J connectivity index is 0.000000232. The number of nitrogens with zero attached hydrogens (tertiary/aromatic N) is 1. The molecule has 0 radical (unpaired) electrons. The predicted octanol–water partition coefficient (Wildman–Crippen LogP) is 3.24. The Morgan fingerprint density at radius 2 is 1.50 bits per heavy atom. The zero-order valence-electron chi connectivity index (χ0n) is 10.0. The van der Waals surface area contributed by atoms with Crippen LogP contribution < -0.4 is 0 Å². The lowest BCUT2D eigenvalue weighted by atomic mass is 9.85. The number of carbonyl (C=O) groups excluding carboxylic acids is 2. The third-order valence-electron chi connectivity index (χ3n) is 2.96. The topological polar surface area (TPSA) is 37.4 Å². The van der Waals surface area contributed by atoms with Gasteiger partial charge >= 0.3 is 0 Å². The first kappa shape index (κ1) is 16.2. The van der Waals surface area contributed by atoms with E-state index in [2.05, 4.69) is 0 Å². The quantitative estimate of drug-likeness (QED) is 0.389. The van der Waals surface area contributed by atoms with Crippen LogP contribution in [-0.2, 0) is 9.59 Å². The minimum Gasteiger partial charge on any atom is -0.285 e.